The summed E-state index contributed by atoms with van der Waals surface area (Å²) in [7, 11) is -3.60. The third-order valence-corrected chi connectivity index (χ3v) is 5.46. The number of benzene rings is 1. The summed E-state index contributed by atoms with van der Waals surface area (Å²) >= 11 is 1.41. The number of sulfonamides is 1. The summed E-state index contributed by atoms with van der Waals surface area (Å²) in [6.07, 6.45) is 2.42. The summed E-state index contributed by atoms with van der Waals surface area (Å²) in [5, 5.41) is 2.54. The molecule has 1 atom stereocenters. The molecule has 1 heterocycles. The molecule has 0 spiro atoms. The molecule has 7 heteroatoms. The molecule has 1 aromatic carbocycles. The van der Waals surface area contributed by atoms with Crippen molar-refractivity contribution in [3.05, 3.63) is 40.3 Å². The highest BCUT2D eigenvalue weighted by Crippen LogP contribution is 2.21. The fourth-order valence-corrected chi connectivity index (χ4v) is 3.82. The van der Waals surface area contributed by atoms with Crippen LogP contribution in [0, 0.1) is 0 Å². The van der Waals surface area contributed by atoms with Gasteiger partial charge in [0.05, 0.1) is 10.9 Å². The third-order valence-electron chi connectivity index (χ3n) is 2.96. The van der Waals surface area contributed by atoms with Crippen LogP contribution in [0.3, 0.4) is 0 Å². The summed E-state index contributed by atoms with van der Waals surface area (Å²) in [5.41, 5.74) is 7.29. The lowest BCUT2D eigenvalue weighted by molar-refractivity contribution is 0.566. The molecule has 0 saturated heterocycles. The number of nitrogens with one attached hydrogen (secondary N) is 1. The summed E-state index contributed by atoms with van der Waals surface area (Å²) in [6.45, 7) is 3.74. The van der Waals surface area contributed by atoms with Crippen LogP contribution in [-0.2, 0) is 16.4 Å². The maximum atomic E-state index is 12.3. The summed E-state index contributed by atoms with van der Waals surface area (Å²) < 4.78 is 27.2. The van der Waals surface area contributed by atoms with Crippen molar-refractivity contribution < 1.29 is 8.42 Å². The van der Waals surface area contributed by atoms with Gasteiger partial charge in [-0.05, 0) is 31.0 Å². The zero-order valence-corrected chi connectivity index (χ0v) is 13.0. The van der Waals surface area contributed by atoms with Crippen LogP contribution in [0.5, 0.6) is 0 Å². The molecule has 0 fully saturated rings. The maximum absolute atomic E-state index is 12.3. The predicted octanol–water partition coefficient (Wildman–Crippen LogP) is 2.33. The number of rotatable bonds is 5. The number of nitrogen functional groups attached to an aromatic ring is 1. The molecule has 0 aliphatic carbocycles. The van der Waals surface area contributed by atoms with Gasteiger partial charge in [0.2, 0.25) is 10.0 Å². The molecule has 0 bridgehead atoms. The highest BCUT2D eigenvalue weighted by atomic mass is 32.2. The molecular formula is C13H17N3O2S2. The molecule has 20 heavy (non-hydrogen) atoms. The molecule has 1 unspecified atom stereocenters. The Morgan fingerprint density at radius 2 is 2.20 bits per heavy atom. The van der Waals surface area contributed by atoms with Crippen LogP contribution in [0.15, 0.2) is 34.7 Å². The Morgan fingerprint density at radius 1 is 1.45 bits per heavy atom. The lowest BCUT2D eigenvalue weighted by atomic mass is 10.1. The van der Waals surface area contributed by atoms with Gasteiger partial charge in [-0.2, -0.15) is 0 Å². The van der Waals surface area contributed by atoms with E-state index in [1.165, 1.54) is 17.4 Å². The quantitative estimate of drug-likeness (QED) is 0.830. The first-order valence-corrected chi connectivity index (χ1v) is 8.60. The Morgan fingerprint density at radius 3 is 2.75 bits per heavy atom. The van der Waals surface area contributed by atoms with E-state index in [0.29, 0.717) is 5.69 Å². The molecule has 2 aromatic rings. The molecular weight excluding hydrogens is 294 g/mol. The van der Waals surface area contributed by atoms with E-state index in [1.54, 1.807) is 25.3 Å². The minimum absolute atomic E-state index is 0.176. The van der Waals surface area contributed by atoms with Gasteiger partial charge in [-0.25, -0.2) is 18.1 Å². The Hall–Kier alpha value is -1.44. The Balaban J connectivity index is 2.24. The van der Waals surface area contributed by atoms with Gasteiger partial charge in [-0.15, -0.1) is 11.3 Å². The Kier molecular flexibility index (Phi) is 4.42. The summed E-state index contributed by atoms with van der Waals surface area (Å²) in [4.78, 5) is 4.28. The first kappa shape index (κ1) is 15.0. The standard InChI is InChI=1S/C13H17N3O2S2/c1-3-10-4-5-11(8-12(10)14)20(17,18)16-9(2)13-15-6-7-19-13/h4-9,16H,3,14H2,1-2H3. The molecule has 108 valence electrons. The molecule has 0 amide bonds. The van der Waals surface area contributed by atoms with Crippen molar-refractivity contribution in [1.29, 1.82) is 0 Å². The largest absolute Gasteiger partial charge is 0.398 e. The van der Waals surface area contributed by atoms with Crippen molar-refractivity contribution in [2.24, 2.45) is 0 Å². The molecule has 0 saturated carbocycles. The van der Waals surface area contributed by atoms with Crippen molar-refractivity contribution in [2.75, 3.05) is 5.73 Å². The number of anilines is 1. The molecule has 1 aromatic heterocycles. The van der Waals surface area contributed by atoms with Crippen molar-refractivity contribution >= 4 is 27.0 Å². The van der Waals surface area contributed by atoms with Gasteiger partial charge >= 0.3 is 0 Å². The minimum Gasteiger partial charge on any atom is -0.398 e. The zero-order chi connectivity index (χ0) is 14.8. The molecule has 5 nitrogen and oxygen atoms in total. The fourth-order valence-electron chi connectivity index (χ4n) is 1.86. The molecule has 0 aliphatic rings. The van der Waals surface area contributed by atoms with E-state index in [0.717, 1.165) is 17.0 Å². The number of thiazole rings is 1. The molecule has 3 N–H and O–H groups in total. The van der Waals surface area contributed by atoms with Crippen LogP contribution in [0.2, 0.25) is 0 Å². The fraction of sp³-hybridized carbons (Fsp3) is 0.308. The second-order valence-corrected chi connectivity index (χ2v) is 7.07. The Bertz CT molecular complexity index is 682. The van der Waals surface area contributed by atoms with Crippen LogP contribution in [0.25, 0.3) is 0 Å². The Labute approximate surface area is 122 Å². The van der Waals surface area contributed by atoms with Gasteiger partial charge in [0, 0.05) is 17.3 Å². The number of nitrogens with two attached hydrogens (primary N) is 1. The first-order chi connectivity index (χ1) is 9.44. The smallest absolute Gasteiger partial charge is 0.241 e. The number of aromatic nitrogens is 1. The van der Waals surface area contributed by atoms with Crippen LogP contribution in [0.1, 0.15) is 30.5 Å². The number of hydrogen-bond acceptors (Lipinski definition) is 5. The van der Waals surface area contributed by atoms with Crippen molar-refractivity contribution in [2.45, 2.75) is 31.2 Å². The zero-order valence-electron chi connectivity index (χ0n) is 11.3. The van der Waals surface area contributed by atoms with E-state index in [2.05, 4.69) is 9.71 Å². The van der Waals surface area contributed by atoms with E-state index in [9.17, 15) is 8.42 Å². The topological polar surface area (TPSA) is 85.1 Å². The third kappa shape index (κ3) is 3.17. The average molecular weight is 311 g/mol. The van der Waals surface area contributed by atoms with Gasteiger partial charge in [0.15, 0.2) is 0 Å². The van der Waals surface area contributed by atoms with Crippen LogP contribution < -0.4 is 10.5 Å². The van der Waals surface area contributed by atoms with Gasteiger partial charge in [-0.1, -0.05) is 13.0 Å². The van der Waals surface area contributed by atoms with Gasteiger partial charge in [0.1, 0.15) is 5.01 Å². The van der Waals surface area contributed by atoms with E-state index in [4.69, 9.17) is 5.73 Å². The molecule has 0 radical (unpaired) electrons. The second kappa shape index (κ2) is 5.90. The number of hydrogen-bond donors (Lipinski definition) is 2. The highest BCUT2D eigenvalue weighted by Gasteiger charge is 2.20. The highest BCUT2D eigenvalue weighted by molar-refractivity contribution is 7.89. The lowest BCUT2D eigenvalue weighted by Crippen LogP contribution is -2.27. The van der Waals surface area contributed by atoms with E-state index < -0.39 is 10.0 Å². The van der Waals surface area contributed by atoms with Crippen molar-refractivity contribution in [3.63, 3.8) is 0 Å². The van der Waals surface area contributed by atoms with E-state index in [-0.39, 0.29) is 10.9 Å². The number of nitrogens with zero attached hydrogens (tertiary/aromatic N) is 1. The average Bonchev–Trinajstić information content (AvgIpc) is 2.92. The maximum Gasteiger partial charge on any atom is 0.241 e. The first-order valence-electron chi connectivity index (χ1n) is 6.24. The predicted molar refractivity (Wildman–Crippen MR) is 81.1 cm³/mol. The van der Waals surface area contributed by atoms with Crippen molar-refractivity contribution in [1.82, 2.24) is 9.71 Å². The molecule has 2 rings (SSSR count). The summed E-state index contributed by atoms with van der Waals surface area (Å²) in [5.74, 6) is 0. The summed E-state index contributed by atoms with van der Waals surface area (Å²) in [6, 6.07) is 4.45. The molecule has 0 aliphatic heterocycles. The lowest BCUT2D eigenvalue weighted by Gasteiger charge is -2.13. The van der Waals surface area contributed by atoms with E-state index >= 15 is 0 Å². The monoisotopic (exact) mass is 311 g/mol. The van der Waals surface area contributed by atoms with E-state index in [1.807, 2.05) is 12.3 Å². The van der Waals surface area contributed by atoms with Gasteiger partial charge < -0.3 is 5.73 Å². The van der Waals surface area contributed by atoms with Crippen LogP contribution >= 0.6 is 11.3 Å². The van der Waals surface area contributed by atoms with Crippen LogP contribution in [0.4, 0.5) is 5.69 Å². The van der Waals surface area contributed by atoms with Gasteiger partial charge in [0.25, 0.3) is 0 Å². The minimum atomic E-state index is -3.60. The van der Waals surface area contributed by atoms with Crippen LogP contribution in [-0.4, -0.2) is 13.4 Å². The normalized spacial score (nSPS) is 13.3. The van der Waals surface area contributed by atoms with Crippen molar-refractivity contribution in [3.8, 4) is 0 Å². The van der Waals surface area contributed by atoms with Gasteiger partial charge in [-0.3, -0.25) is 0 Å². The second-order valence-electron chi connectivity index (χ2n) is 4.43. The SMILES string of the molecule is CCc1ccc(S(=O)(=O)NC(C)c2nccs2)cc1N. The number of aryl methyl sites for hydroxylation is 1.